The first kappa shape index (κ1) is 45.3. The first-order valence-corrected chi connectivity index (χ1v) is 25.3. The lowest BCUT2D eigenvalue weighted by Gasteiger charge is -2.32. The van der Waals surface area contributed by atoms with Gasteiger partial charge in [0.25, 0.3) is 0 Å². The second kappa shape index (κ2) is 19.4. The van der Waals surface area contributed by atoms with E-state index >= 15 is 0 Å². The SMILES string of the molecule is C=CC1=C[C@H](c2ccc(-c3cc(/C=C/CC(C=C)c4cnc5ccccc5c4)cc(-c4nc(-c5ccc(-c6ccccc6)cc5)nc(-c5ccc([C@]67C=CC=CC6C7)cc5)n4)c3)cc2)C2C=CC=CC2=C1C=C. The quantitative estimate of drug-likeness (QED) is 0.102. The van der Waals surface area contributed by atoms with Gasteiger partial charge in [0.2, 0.25) is 0 Å². The molecule has 0 saturated heterocycles. The standard InChI is InChI=1S/C69H54N4/c1-4-47(58-41-55-20-10-13-25-65(55)70-45-58)21-16-17-46-39-56(51-26-30-52(31-27-51)64-43-48(5-2)61(6-3)62-23-11-12-24-63(62)64)42-57(40-46)68-72-66(53-32-28-50(29-33-53)49-18-8-7-9-19-49)71-67(73-68)54-34-36-59(37-35-54)69-38-15-14-22-60(69)44-69/h4-20,22-43,45,47,60,63-64H,1-3,21,44H2/b17-16+/t47?,60?,63?,64-,69-/m1/s1. The summed E-state index contributed by atoms with van der Waals surface area (Å²) in [6, 6.07) is 54.1. The topological polar surface area (TPSA) is 51.6 Å². The van der Waals surface area contributed by atoms with E-state index in [0.29, 0.717) is 23.4 Å². The third kappa shape index (κ3) is 8.87. The number of benzene rings is 6. The van der Waals surface area contributed by atoms with E-state index in [2.05, 4.69) is 226 Å². The van der Waals surface area contributed by atoms with Crippen molar-refractivity contribution in [1.29, 1.82) is 0 Å². The smallest absolute Gasteiger partial charge is 0.164 e. The molecule has 2 aromatic heterocycles. The Morgan fingerprint density at radius 1 is 0.589 bits per heavy atom. The van der Waals surface area contributed by atoms with Gasteiger partial charge in [-0.05, 0) is 110 Å². The van der Waals surface area contributed by atoms with E-state index in [0.717, 1.165) is 85.0 Å². The molecule has 1 fully saturated rings. The average Bonchev–Trinajstić information content (AvgIpc) is 4.22. The lowest BCUT2D eigenvalue weighted by molar-refractivity contribution is 0.661. The molecule has 4 aliphatic rings. The van der Waals surface area contributed by atoms with Crippen molar-refractivity contribution in [3.05, 3.63) is 296 Å². The van der Waals surface area contributed by atoms with Crippen LogP contribution in [-0.2, 0) is 5.41 Å². The maximum atomic E-state index is 5.31. The van der Waals surface area contributed by atoms with Crippen LogP contribution in [0.4, 0.5) is 0 Å². The molecule has 6 aromatic carbocycles. The van der Waals surface area contributed by atoms with Crippen LogP contribution in [0, 0.1) is 11.8 Å². The van der Waals surface area contributed by atoms with Crippen LogP contribution in [0.2, 0.25) is 0 Å². The summed E-state index contributed by atoms with van der Waals surface area (Å²) in [5.74, 6) is 2.87. The second-order valence-corrected chi connectivity index (χ2v) is 19.5. The fraction of sp³-hybridized carbons (Fsp3) is 0.101. The molecule has 4 heteroatoms. The fourth-order valence-corrected chi connectivity index (χ4v) is 11.1. The van der Waals surface area contributed by atoms with Crippen LogP contribution in [0.15, 0.2) is 273 Å². The highest BCUT2D eigenvalue weighted by Gasteiger charge is 2.52. The van der Waals surface area contributed by atoms with E-state index < -0.39 is 0 Å². The molecule has 1 saturated carbocycles. The number of fused-ring (bicyclic) bond motifs is 3. The molecule has 4 aliphatic carbocycles. The van der Waals surface area contributed by atoms with Crippen molar-refractivity contribution in [1.82, 2.24) is 19.9 Å². The number of rotatable bonds is 14. The predicted molar refractivity (Wildman–Crippen MR) is 303 cm³/mol. The molecule has 5 atom stereocenters. The van der Waals surface area contributed by atoms with Crippen molar-refractivity contribution in [2.24, 2.45) is 11.8 Å². The Labute approximate surface area is 428 Å². The maximum absolute atomic E-state index is 5.31. The zero-order valence-electron chi connectivity index (χ0n) is 40.7. The largest absolute Gasteiger partial charge is 0.256 e. The number of allylic oxidation sites excluding steroid dienone is 16. The van der Waals surface area contributed by atoms with Gasteiger partial charge in [-0.15, -0.1) is 6.58 Å². The normalized spacial score (nSPS) is 19.8. The minimum atomic E-state index is 0.0880. The van der Waals surface area contributed by atoms with Crippen molar-refractivity contribution in [3.8, 4) is 56.4 Å². The van der Waals surface area contributed by atoms with E-state index in [4.69, 9.17) is 19.9 Å². The van der Waals surface area contributed by atoms with Gasteiger partial charge >= 0.3 is 0 Å². The molecule has 2 heterocycles. The van der Waals surface area contributed by atoms with Crippen molar-refractivity contribution in [3.63, 3.8) is 0 Å². The van der Waals surface area contributed by atoms with Gasteiger partial charge in [0, 0.05) is 51.4 Å². The monoisotopic (exact) mass is 938 g/mol. The summed E-state index contributed by atoms with van der Waals surface area (Å²) in [6.45, 7) is 12.6. The van der Waals surface area contributed by atoms with Crippen LogP contribution in [0.25, 0.3) is 73.4 Å². The summed E-state index contributed by atoms with van der Waals surface area (Å²) in [4.78, 5) is 20.6. The van der Waals surface area contributed by atoms with Crippen LogP contribution in [-0.4, -0.2) is 19.9 Å². The lowest BCUT2D eigenvalue weighted by atomic mass is 9.71. The van der Waals surface area contributed by atoms with Crippen molar-refractivity contribution in [2.75, 3.05) is 0 Å². The minimum absolute atomic E-state index is 0.0880. The molecule has 0 bridgehead atoms. The maximum Gasteiger partial charge on any atom is 0.164 e. The highest BCUT2D eigenvalue weighted by Crippen LogP contribution is 2.57. The number of para-hydroxylation sites is 1. The van der Waals surface area contributed by atoms with Gasteiger partial charge < -0.3 is 0 Å². The van der Waals surface area contributed by atoms with Crippen LogP contribution in [0.1, 0.15) is 46.9 Å². The highest BCUT2D eigenvalue weighted by atomic mass is 15.0. The van der Waals surface area contributed by atoms with E-state index in [1.54, 1.807) is 0 Å². The third-order valence-electron chi connectivity index (χ3n) is 15.2. The van der Waals surface area contributed by atoms with Gasteiger partial charge in [-0.25, -0.2) is 15.0 Å². The Morgan fingerprint density at radius 2 is 1.25 bits per heavy atom. The number of aromatic nitrogens is 4. The van der Waals surface area contributed by atoms with Gasteiger partial charge in [0.05, 0.1) is 5.52 Å². The molecule has 3 unspecified atom stereocenters. The molecular formula is C69H54N4. The summed E-state index contributed by atoms with van der Waals surface area (Å²) in [6.07, 6.45) is 34.5. The van der Waals surface area contributed by atoms with Gasteiger partial charge in [-0.3, -0.25) is 4.98 Å². The van der Waals surface area contributed by atoms with Gasteiger partial charge in [0.15, 0.2) is 17.5 Å². The number of hydrogen-bond donors (Lipinski definition) is 0. The van der Waals surface area contributed by atoms with Crippen LogP contribution in [0.3, 0.4) is 0 Å². The Bertz CT molecular complexity index is 3680. The molecule has 0 N–H and O–H groups in total. The summed E-state index contributed by atoms with van der Waals surface area (Å²) < 4.78 is 0. The zero-order valence-corrected chi connectivity index (χ0v) is 40.7. The van der Waals surface area contributed by atoms with Crippen molar-refractivity contribution in [2.45, 2.75) is 30.1 Å². The Kier molecular flexibility index (Phi) is 12.0. The van der Waals surface area contributed by atoms with E-state index in [1.165, 1.54) is 16.7 Å². The summed E-state index contributed by atoms with van der Waals surface area (Å²) >= 11 is 0. The second-order valence-electron chi connectivity index (χ2n) is 19.5. The number of nitrogens with zero attached hydrogens (tertiary/aromatic N) is 4. The molecule has 0 aliphatic heterocycles. The van der Waals surface area contributed by atoms with Crippen LogP contribution < -0.4 is 0 Å². The Hall–Kier alpha value is -8.86. The van der Waals surface area contributed by atoms with E-state index in [9.17, 15) is 0 Å². The van der Waals surface area contributed by atoms with Gasteiger partial charge in [-0.1, -0.05) is 220 Å². The molecule has 0 amide bonds. The molecule has 73 heavy (non-hydrogen) atoms. The highest BCUT2D eigenvalue weighted by molar-refractivity contribution is 5.80. The van der Waals surface area contributed by atoms with Gasteiger partial charge in [-0.2, -0.15) is 0 Å². The predicted octanol–water partition coefficient (Wildman–Crippen LogP) is 16.9. The van der Waals surface area contributed by atoms with Gasteiger partial charge in [0.1, 0.15) is 0 Å². The Morgan fingerprint density at radius 3 is 1.99 bits per heavy atom. The van der Waals surface area contributed by atoms with Crippen molar-refractivity contribution >= 4 is 17.0 Å². The van der Waals surface area contributed by atoms with E-state index in [1.807, 2.05) is 36.6 Å². The molecule has 350 valence electrons. The molecular weight excluding hydrogens is 885 g/mol. The fourth-order valence-electron chi connectivity index (χ4n) is 11.1. The van der Waals surface area contributed by atoms with E-state index in [-0.39, 0.29) is 23.2 Å². The summed E-state index contributed by atoms with van der Waals surface area (Å²) in [7, 11) is 0. The summed E-state index contributed by atoms with van der Waals surface area (Å²) in [5, 5.41) is 1.12. The van der Waals surface area contributed by atoms with Crippen molar-refractivity contribution < 1.29 is 0 Å². The molecule has 0 radical (unpaired) electrons. The molecule has 0 spiro atoms. The molecule has 12 rings (SSSR count). The van der Waals surface area contributed by atoms with Crippen LogP contribution in [0.5, 0.6) is 0 Å². The first-order chi connectivity index (χ1) is 36.0. The Balaban J connectivity index is 0.945. The molecule has 4 nitrogen and oxygen atoms in total. The number of hydrogen-bond acceptors (Lipinski definition) is 4. The number of pyridine rings is 1. The zero-order chi connectivity index (χ0) is 49.3. The third-order valence-corrected chi connectivity index (χ3v) is 15.2. The van der Waals surface area contributed by atoms with Crippen LogP contribution >= 0.6 is 0 Å². The first-order valence-electron chi connectivity index (χ1n) is 25.3. The summed E-state index contributed by atoms with van der Waals surface area (Å²) in [5.41, 5.74) is 16.6. The average molecular weight is 939 g/mol. The molecule has 8 aromatic rings. The lowest BCUT2D eigenvalue weighted by Crippen LogP contribution is -2.18. The minimum Gasteiger partial charge on any atom is -0.256 e.